The highest BCUT2D eigenvalue weighted by Crippen LogP contribution is 2.25. The lowest BCUT2D eigenvalue weighted by molar-refractivity contribution is 1.03. The minimum atomic E-state index is 0.370. The summed E-state index contributed by atoms with van der Waals surface area (Å²) in [5.41, 5.74) is 0. The van der Waals surface area contributed by atoms with Gasteiger partial charge in [0.1, 0.15) is 16.1 Å². The van der Waals surface area contributed by atoms with Gasteiger partial charge in [0.2, 0.25) is 0 Å². The van der Waals surface area contributed by atoms with Crippen molar-refractivity contribution in [3.63, 3.8) is 0 Å². The zero-order valence-electron chi connectivity index (χ0n) is 8.53. The zero-order valence-corrected chi connectivity index (χ0v) is 12.4. The molecule has 0 radical (unpaired) electrons. The Morgan fingerprint density at radius 3 is 2.47 bits per heavy atom. The van der Waals surface area contributed by atoms with E-state index >= 15 is 0 Å². The largest absolute Gasteiger partial charge is 0.220 e. The quantitative estimate of drug-likeness (QED) is 0.585. The molecule has 1 aromatic heterocycles. The fourth-order valence-corrected chi connectivity index (χ4v) is 3.02. The Morgan fingerprint density at radius 2 is 1.82 bits per heavy atom. The minimum absolute atomic E-state index is 0.370. The van der Waals surface area contributed by atoms with E-state index in [4.69, 9.17) is 23.2 Å². The molecular weight excluding hydrogens is 343 g/mol. The Balaban J connectivity index is 2.07. The molecule has 2 rings (SSSR count). The van der Waals surface area contributed by atoms with Crippen LogP contribution in [0.4, 0.5) is 0 Å². The molecule has 0 N–H and O–H groups in total. The fraction of sp³-hybridized carbons (Fsp3) is 0.0909. The van der Waals surface area contributed by atoms with Gasteiger partial charge in [-0.25, -0.2) is 9.97 Å². The molecule has 0 bridgehead atoms. The standard InChI is InChI=1S/C11H7BrCl2N2S/c12-7-2-1-3-8(4-7)17-6-11-15-9(13)5-10(14)16-11/h1-5H,6H2. The lowest BCUT2D eigenvalue weighted by atomic mass is 10.4. The average molecular weight is 350 g/mol. The van der Waals surface area contributed by atoms with Crippen LogP contribution in [0.1, 0.15) is 5.82 Å². The molecule has 17 heavy (non-hydrogen) atoms. The molecule has 0 saturated heterocycles. The first-order valence-corrected chi connectivity index (χ1v) is 7.24. The summed E-state index contributed by atoms with van der Waals surface area (Å²) in [5.74, 6) is 1.27. The van der Waals surface area contributed by atoms with Gasteiger partial charge in [-0.3, -0.25) is 0 Å². The van der Waals surface area contributed by atoms with Crippen molar-refractivity contribution in [3.05, 3.63) is 50.9 Å². The second-order valence-electron chi connectivity index (χ2n) is 3.18. The van der Waals surface area contributed by atoms with E-state index in [0.29, 0.717) is 21.9 Å². The van der Waals surface area contributed by atoms with Gasteiger partial charge in [-0.2, -0.15) is 0 Å². The molecule has 0 unspecified atom stereocenters. The number of aromatic nitrogens is 2. The van der Waals surface area contributed by atoms with Gasteiger partial charge in [-0.15, -0.1) is 11.8 Å². The first-order chi connectivity index (χ1) is 8.13. The van der Waals surface area contributed by atoms with Gasteiger partial charge in [-0.1, -0.05) is 45.2 Å². The Morgan fingerprint density at radius 1 is 1.12 bits per heavy atom. The number of nitrogens with zero attached hydrogens (tertiary/aromatic N) is 2. The zero-order chi connectivity index (χ0) is 12.3. The predicted octanol–water partition coefficient (Wildman–Crippen LogP) is 4.84. The van der Waals surface area contributed by atoms with Crippen LogP contribution >= 0.6 is 50.9 Å². The molecule has 88 valence electrons. The Kier molecular flexibility index (Phi) is 4.68. The van der Waals surface area contributed by atoms with Gasteiger partial charge >= 0.3 is 0 Å². The molecule has 1 aromatic carbocycles. The predicted molar refractivity (Wildman–Crippen MR) is 75.8 cm³/mol. The number of rotatable bonds is 3. The van der Waals surface area contributed by atoms with Crippen LogP contribution in [-0.2, 0) is 5.75 Å². The number of thioether (sulfide) groups is 1. The highest BCUT2D eigenvalue weighted by Gasteiger charge is 2.03. The highest BCUT2D eigenvalue weighted by molar-refractivity contribution is 9.10. The summed E-state index contributed by atoms with van der Waals surface area (Å²) in [6.07, 6.45) is 0. The molecule has 0 aliphatic rings. The van der Waals surface area contributed by atoms with Crippen LogP contribution < -0.4 is 0 Å². The van der Waals surface area contributed by atoms with Crippen molar-refractivity contribution in [2.45, 2.75) is 10.6 Å². The number of halogens is 3. The fourth-order valence-electron chi connectivity index (χ4n) is 1.20. The van der Waals surface area contributed by atoms with Crippen LogP contribution in [-0.4, -0.2) is 9.97 Å². The lowest BCUT2D eigenvalue weighted by Gasteiger charge is -2.02. The maximum atomic E-state index is 5.80. The lowest BCUT2D eigenvalue weighted by Crippen LogP contribution is -1.93. The monoisotopic (exact) mass is 348 g/mol. The molecular formula is C11H7BrCl2N2S. The topological polar surface area (TPSA) is 25.8 Å². The van der Waals surface area contributed by atoms with E-state index < -0.39 is 0 Å². The van der Waals surface area contributed by atoms with Crippen molar-refractivity contribution in [2.75, 3.05) is 0 Å². The molecule has 0 aliphatic heterocycles. The first-order valence-electron chi connectivity index (χ1n) is 4.71. The smallest absolute Gasteiger partial charge is 0.142 e. The third-order valence-electron chi connectivity index (χ3n) is 1.87. The summed E-state index contributed by atoms with van der Waals surface area (Å²) in [7, 11) is 0. The van der Waals surface area contributed by atoms with Crippen molar-refractivity contribution in [3.8, 4) is 0 Å². The van der Waals surface area contributed by atoms with Crippen molar-refractivity contribution in [1.29, 1.82) is 0 Å². The van der Waals surface area contributed by atoms with Crippen molar-refractivity contribution in [1.82, 2.24) is 9.97 Å². The Labute approximate surface area is 122 Å². The maximum absolute atomic E-state index is 5.80. The van der Waals surface area contributed by atoms with E-state index in [1.807, 2.05) is 24.3 Å². The van der Waals surface area contributed by atoms with Gasteiger partial charge in [-0.05, 0) is 18.2 Å². The van der Waals surface area contributed by atoms with Crippen molar-refractivity contribution >= 4 is 50.9 Å². The SMILES string of the molecule is Clc1cc(Cl)nc(CSc2cccc(Br)c2)n1. The molecule has 2 nitrogen and oxygen atoms in total. The van der Waals surface area contributed by atoms with Crippen LogP contribution in [0.5, 0.6) is 0 Å². The summed E-state index contributed by atoms with van der Waals surface area (Å²) < 4.78 is 1.05. The Bertz CT molecular complexity index is 516. The van der Waals surface area contributed by atoms with Gasteiger partial charge in [0, 0.05) is 15.4 Å². The van der Waals surface area contributed by atoms with E-state index in [1.165, 1.54) is 6.07 Å². The van der Waals surface area contributed by atoms with E-state index in [2.05, 4.69) is 25.9 Å². The van der Waals surface area contributed by atoms with Crippen LogP contribution in [0.3, 0.4) is 0 Å². The van der Waals surface area contributed by atoms with Crippen LogP contribution in [0.2, 0.25) is 10.3 Å². The second kappa shape index (κ2) is 6.05. The van der Waals surface area contributed by atoms with E-state index in [9.17, 15) is 0 Å². The third-order valence-corrected chi connectivity index (χ3v) is 3.74. The maximum Gasteiger partial charge on any atom is 0.142 e. The summed E-state index contributed by atoms with van der Waals surface area (Å²) in [6, 6.07) is 9.56. The summed E-state index contributed by atoms with van der Waals surface area (Å²) in [4.78, 5) is 9.36. The molecule has 0 aliphatic carbocycles. The molecule has 0 amide bonds. The number of benzene rings is 1. The molecule has 0 atom stereocenters. The highest BCUT2D eigenvalue weighted by atomic mass is 79.9. The average Bonchev–Trinajstić information content (AvgIpc) is 2.25. The Hall–Kier alpha value is -0.290. The van der Waals surface area contributed by atoms with Crippen LogP contribution in [0.15, 0.2) is 39.7 Å². The molecule has 6 heteroatoms. The van der Waals surface area contributed by atoms with Gasteiger partial charge in [0.05, 0.1) is 5.75 Å². The van der Waals surface area contributed by atoms with Crippen molar-refractivity contribution < 1.29 is 0 Å². The van der Waals surface area contributed by atoms with Gasteiger partial charge < -0.3 is 0 Å². The van der Waals surface area contributed by atoms with E-state index in [-0.39, 0.29) is 0 Å². The number of hydrogen-bond acceptors (Lipinski definition) is 3. The molecule has 1 heterocycles. The third kappa shape index (κ3) is 4.14. The second-order valence-corrected chi connectivity index (χ2v) is 5.91. The summed E-state index contributed by atoms with van der Waals surface area (Å²) in [5, 5.41) is 0.740. The molecule has 2 aromatic rings. The van der Waals surface area contributed by atoms with Crippen molar-refractivity contribution in [2.24, 2.45) is 0 Å². The van der Waals surface area contributed by atoms with Crippen LogP contribution in [0, 0.1) is 0 Å². The van der Waals surface area contributed by atoms with E-state index in [1.54, 1.807) is 11.8 Å². The van der Waals surface area contributed by atoms with Crippen LogP contribution in [0.25, 0.3) is 0 Å². The normalized spacial score (nSPS) is 10.5. The summed E-state index contributed by atoms with van der Waals surface area (Å²) in [6.45, 7) is 0. The molecule has 0 saturated carbocycles. The van der Waals surface area contributed by atoms with E-state index in [0.717, 1.165) is 9.37 Å². The van der Waals surface area contributed by atoms with Gasteiger partial charge in [0.25, 0.3) is 0 Å². The first kappa shape index (κ1) is 13.1. The van der Waals surface area contributed by atoms with Gasteiger partial charge in [0.15, 0.2) is 0 Å². The summed E-state index contributed by atoms with van der Waals surface area (Å²) >= 11 is 16.7. The molecule has 0 spiro atoms. The molecule has 0 fully saturated rings. The minimum Gasteiger partial charge on any atom is -0.220 e. The number of hydrogen-bond donors (Lipinski definition) is 0.